The maximum atomic E-state index is 13.7. The molecule has 0 atom stereocenters. The molecular formula is C16H14FN5O. The average molecular weight is 311 g/mol. The van der Waals surface area contributed by atoms with Gasteiger partial charge in [0, 0.05) is 18.0 Å². The highest BCUT2D eigenvalue weighted by Crippen LogP contribution is 2.15. The maximum Gasteiger partial charge on any atom is 0.258 e. The van der Waals surface area contributed by atoms with Crippen molar-refractivity contribution in [3.05, 3.63) is 71.4 Å². The number of rotatable bonds is 4. The largest absolute Gasteiger partial charge is 0.303 e. The van der Waals surface area contributed by atoms with Gasteiger partial charge in [-0.2, -0.15) is 0 Å². The van der Waals surface area contributed by atoms with Gasteiger partial charge in [-0.05, 0) is 25.1 Å². The minimum Gasteiger partial charge on any atom is -0.303 e. The zero-order valence-corrected chi connectivity index (χ0v) is 12.4. The van der Waals surface area contributed by atoms with Crippen molar-refractivity contribution in [2.75, 3.05) is 5.32 Å². The average Bonchev–Trinajstić information content (AvgIpc) is 2.91. The Morgan fingerprint density at radius 2 is 2.09 bits per heavy atom. The highest BCUT2D eigenvalue weighted by Gasteiger charge is 2.14. The smallest absolute Gasteiger partial charge is 0.258 e. The van der Waals surface area contributed by atoms with E-state index in [0.717, 1.165) is 0 Å². The van der Waals surface area contributed by atoms with Crippen molar-refractivity contribution in [1.29, 1.82) is 0 Å². The lowest BCUT2D eigenvalue weighted by atomic mass is 10.2. The number of nitrogens with zero attached hydrogens (tertiary/aromatic N) is 4. The second-order valence-electron chi connectivity index (χ2n) is 4.97. The summed E-state index contributed by atoms with van der Waals surface area (Å²) in [6.07, 6.45) is 3.06. The molecule has 1 N–H and O–H groups in total. The minimum absolute atomic E-state index is 0.244. The lowest BCUT2D eigenvalue weighted by Crippen LogP contribution is -2.13. The van der Waals surface area contributed by atoms with Crippen molar-refractivity contribution in [1.82, 2.24) is 20.0 Å². The molecule has 23 heavy (non-hydrogen) atoms. The van der Waals surface area contributed by atoms with Crippen molar-refractivity contribution < 1.29 is 9.18 Å². The first-order valence-corrected chi connectivity index (χ1v) is 7.00. The molecule has 0 saturated carbocycles. The fraction of sp³-hybridized carbons (Fsp3) is 0.125. The Labute approximate surface area is 132 Å². The molecule has 6 nitrogen and oxygen atoms in total. The lowest BCUT2D eigenvalue weighted by Gasteiger charge is -2.06. The molecule has 116 valence electrons. The van der Waals surface area contributed by atoms with E-state index in [2.05, 4.69) is 20.6 Å². The number of halogens is 1. The summed E-state index contributed by atoms with van der Waals surface area (Å²) in [7, 11) is 0. The van der Waals surface area contributed by atoms with Crippen LogP contribution in [0.4, 0.5) is 10.2 Å². The second-order valence-corrected chi connectivity index (χ2v) is 4.97. The third-order valence-electron chi connectivity index (χ3n) is 3.42. The van der Waals surface area contributed by atoms with Crippen LogP contribution in [-0.2, 0) is 6.54 Å². The number of benzene rings is 1. The summed E-state index contributed by atoms with van der Waals surface area (Å²) in [5.74, 6) is -0.280. The molecule has 0 radical (unpaired) electrons. The van der Waals surface area contributed by atoms with Gasteiger partial charge in [0.15, 0.2) is 5.82 Å². The quantitative estimate of drug-likeness (QED) is 0.803. The number of amides is 1. The van der Waals surface area contributed by atoms with Gasteiger partial charge in [-0.1, -0.05) is 23.4 Å². The summed E-state index contributed by atoms with van der Waals surface area (Å²) < 4.78 is 15.2. The Balaban J connectivity index is 1.77. The summed E-state index contributed by atoms with van der Waals surface area (Å²) in [5.41, 5.74) is 1.58. The van der Waals surface area contributed by atoms with Crippen LogP contribution in [0.5, 0.6) is 0 Å². The molecule has 2 heterocycles. The Kier molecular flexibility index (Phi) is 4.09. The van der Waals surface area contributed by atoms with Crippen LogP contribution in [-0.4, -0.2) is 25.9 Å². The molecule has 1 amide bonds. The van der Waals surface area contributed by atoms with Crippen molar-refractivity contribution in [2.45, 2.75) is 13.5 Å². The number of hydrogen-bond donors (Lipinski definition) is 1. The molecule has 0 bridgehead atoms. The maximum absolute atomic E-state index is 13.7. The first kappa shape index (κ1) is 14.8. The van der Waals surface area contributed by atoms with E-state index in [0.29, 0.717) is 22.6 Å². The molecule has 3 aromatic rings. The Hall–Kier alpha value is -3.09. The Morgan fingerprint density at radius 1 is 1.26 bits per heavy atom. The van der Waals surface area contributed by atoms with Crippen LogP contribution >= 0.6 is 0 Å². The van der Waals surface area contributed by atoms with E-state index < -0.39 is 0 Å². The standard InChI is InChI=1S/C16H14FN5O/c1-11-15(19-16(23)12-6-4-8-18-9-12)20-21-22(11)10-13-5-2-3-7-14(13)17/h2-9H,10H2,1H3,(H,19,23). The zero-order chi connectivity index (χ0) is 16.2. The van der Waals surface area contributed by atoms with Crippen molar-refractivity contribution >= 4 is 11.7 Å². The molecular weight excluding hydrogens is 297 g/mol. The normalized spacial score (nSPS) is 10.5. The van der Waals surface area contributed by atoms with Gasteiger partial charge in [0.05, 0.1) is 17.8 Å². The molecule has 0 unspecified atom stereocenters. The summed E-state index contributed by atoms with van der Waals surface area (Å²) >= 11 is 0. The molecule has 0 aliphatic heterocycles. The van der Waals surface area contributed by atoms with Crippen LogP contribution in [0.1, 0.15) is 21.6 Å². The predicted molar refractivity (Wildman–Crippen MR) is 82.5 cm³/mol. The van der Waals surface area contributed by atoms with E-state index in [9.17, 15) is 9.18 Å². The van der Waals surface area contributed by atoms with E-state index in [1.165, 1.54) is 16.9 Å². The second kappa shape index (κ2) is 6.35. The number of pyridine rings is 1. The van der Waals surface area contributed by atoms with E-state index in [4.69, 9.17) is 0 Å². The molecule has 7 heteroatoms. The summed E-state index contributed by atoms with van der Waals surface area (Å²) in [4.78, 5) is 16.0. The van der Waals surface area contributed by atoms with Gasteiger partial charge in [0.1, 0.15) is 5.82 Å². The van der Waals surface area contributed by atoms with Crippen molar-refractivity contribution in [2.24, 2.45) is 0 Å². The monoisotopic (exact) mass is 311 g/mol. The highest BCUT2D eigenvalue weighted by molar-refractivity contribution is 6.03. The van der Waals surface area contributed by atoms with Crippen LogP contribution < -0.4 is 5.32 Å². The topological polar surface area (TPSA) is 72.7 Å². The number of anilines is 1. The molecule has 2 aromatic heterocycles. The molecule has 0 spiro atoms. The van der Waals surface area contributed by atoms with Crippen LogP contribution in [0.15, 0.2) is 48.8 Å². The Morgan fingerprint density at radius 3 is 2.83 bits per heavy atom. The molecule has 0 saturated heterocycles. The fourth-order valence-corrected chi connectivity index (χ4v) is 2.09. The van der Waals surface area contributed by atoms with E-state index in [-0.39, 0.29) is 18.3 Å². The SMILES string of the molecule is Cc1c(NC(=O)c2cccnc2)nnn1Cc1ccccc1F. The number of aromatic nitrogens is 4. The first-order valence-electron chi connectivity index (χ1n) is 7.00. The van der Waals surface area contributed by atoms with Crippen LogP contribution in [0.2, 0.25) is 0 Å². The van der Waals surface area contributed by atoms with Gasteiger partial charge in [-0.15, -0.1) is 5.10 Å². The van der Waals surface area contributed by atoms with Gasteiger partial charge < -0.3 is 5.32 Å². The van der Waals surface area contributed by atoms with E-state index in [1.807, 2.05) is 0 Å². The molecule has 0 fully saturated rings. The van der Waals surface area contributed by atoms with Crippen LogP contribution in [0, 0.1) is 12.7 Å². The number of hydrogen-bond acceptors (Lipinski definition) is 4. The van der Waals surface area contributed by atoms with Gasteiger partial charge in [-0.3, -0.25) is 9.78 Å². The van der Waals surface area contributed by atoms with Gasteiger partial charge in [0.25, 0.3) is 5.91 Å². The number of carbonyl (C=O) groups is 1. The summed E-state index contributed by atoms with van der Waals surface area (Å²) in [6.45, 7) is 2.01. The third-order valence-corrected chi connectivity index (χ3v) is 3.42. The van der Waals surface area contributed by atoms with Crippen LogP contribution in [0.3, 0.4) is 0 Å². The summed E-state index contributed by atoms with van der Waals surface area (Å²) in [6, 6.07) is 9.80. The number of carbonyl (C=O) groups excluding carboxylic acids is 1. The van der Waals surface area contributed by atoms with Crippen LogP contribution in [0.25, 0.3) is 0 Å². The molecule has 3 rings (SSSR count). The molecule has 1 aromatic carbocycles. The number of nitrogens with one attached hydrogen (secondary N) is 1. The predicted octanol–water partition coefficient (Wildman–Crippen LogP) is 2.42. The minimum atomic E-state index is -0.320. The van der Waals surface area contributed by atoms with Gasteiger partial charge in [-0.25, -0.2) is 9.07 Å². The van der Waals surface area contributed by atoms with E-state index in [1.54, 1.807) is 43.5 Å². The van der Waals surface area contributed by atoms with Gasteiger partial charge in [0.2, 0.25) is 0 Å². The Bertz CT molecular complexity index is 831. The molecule has 0 aliphatic carbocycles. The van der Waals surface area contributed by atoms with Crippen molar-refractivity contribution in [3.8, 4) is 0 Å². The zero-order valence-electron chi connectivity index (χ0n) is 12.4. The van der Waals surface area contributed by atoms with Gasteiger partial charge >= 0.3 is 0 Å². The molecule has 0 aliphatic rings. The third kappa shape index (κ3) is 3.23. The van der Waals surface area contributed by atoms with E-state index >= 15 is 0 Å². The summed E-state index contributed by atoms with van der Waals surface area (Å²) in [5, 5.41) is 10.6. The first-order chi connectivity index (χ1) is 11.1. The fourth-order valence-electron chi connectivity index (χ4n) is 2.09. The van der Waals surface area contributed by atoms with Crippen molar-refractivity contribution in [3.63, 3.8) is 0 Å². The lowest BCUT2D eigenvalue weighted by molar-refractivity contribution is 0.102. The highest BCUT2D eigenvalue weighted by atomic mass is 19.1.